The quantitative estimate of drug-likeness (QED) is 0.816. The Morgan fingerprint density at radius 2 is 2.00 bits per heavy atom. The van der Waals surface area contributed by atoms with Crippen LogP contribution in [0.4, 0.5) is 5.69 Å². The Kier molecular flexibility index (Phi) is 3.76. The van der Waals surface area contributed by atoms with Crippen LogP contribution in [-0.4, -0.2) is 54.9 Å². The Bertz CT molecular complexity index is 588. The van der Waals surface area contributed by atoms with Crippen LogP contribution in [-0.2, 0) is 0 Å². The second kappa shape index (κ2) is 5.32. The van der Waals surface area contributed by atoms with Crippen molar-refractivity contribution in [2.45, 2.75) is 0 Å². The number of aromatic nitrogens is 1. The van der Waals surface area contributed by atoms with Gasteiger partial charge in [-0.15, -0.1) is 0 Å². The van der Waals surface area contributed by atoms with Crippen LogP contribution in [0.1, 0.15) is 10.4 Å². The third kappa shape index (κ3) is 2.88. The van der Waals surface area contributed by atoms with Crippen LogP contribution in [0.15, 0.2) is 24.4 Å². The fourth-order valence-corrected chi connectivity index (χ4v) is 1.98. The predicted octanol–water partition coefficient (Wildman–Crippen LogP) is 1.38. The third-order valence-corrected chi connectivity index (χ3v) is 3.17. The normalized spacial score (nSPS) is 11.2. The molecule has 5 nitrogen and oxygen atoms in total. The Labute approximate surface area is 113 Å². The number of nitrogens with zero attached hydrogens (tertiary/aromatic N) is 2. The molecule has 1 aromatic heterocycles. The monoisotopic (exact) mass is 260 g/mol. The van der Waals surface area contributed by atoms with Gasteiger partial charge in [0.1, 0.15) is 0 Å². The van der Waals surface area contributed by atoms with E-state index in [1.54, 1.807) is 11.1 Å². The van der Waals surface area contributed by atoms with Gasteiger partial charge in [0.25, 0.3) is 5.91 Å². The highest BCUT2D eigenvalue weighted by atomic mass is 16.2. The van der Waals surface area contributed by atoms with Gasteiger partial charge in [-0.05, 0) is 32.3 Å². The summed E-state index contributed by atoms with van der Waals surface area (Å²) in [6.07, 6.45) is 1.75. The summed E-state index contributed by atoms with van der Waals surface area (Å²) < 4.78 is 0. The summed E-state index contributed by atoms with van der Waals surface area (Å²) in [6.45, 7) is 1.55. The first kappa shape index (κ1) is 13.4. The van der Waals surface area contributed by atoms with Gasteiger partial charge < -0.3 is 20.5 Å². The van der Waals surface area contributed by atoms with Crippen molar-refractivity contribution >= 4 is 22.5 Å². The van der Waals surface area contributed by atoms with E-state index in [1.807, 2.05) is 39.3 Å². The Morgan fingerprint density at radius 3 is 2.68 bits per heavy atom. The number of H-pyrrole nitrogens is 1. The van der Waals surface area contributed by atoms with E-state index >= 15 is 0 Å². The highest BCUT2D eigenvalue weighted by Gasteiger charge is 2.16. The number of hydrogen-bond acceptors (Lipinski definition) is 3. The number of nitrogen functional groups attached to an aromatic ring is 1. The van der Waals surface area contributed by atoms with Gasteiger partial charge in [-0.1, -0.05) is 0 Å². The number of rotatable bonds is 4. The van der Waals surface area contributed by atoms with Crippen molar-refractivity contribution < 1.29 is 4.79 Å². The Balaban J connectivity index is 2.21. The third-order valence-electron chi connectivity index (χ3n) is 3.17. The molecule has 1 aromatic carbocycles. The van der Waals surface area contributed by atoms with E-state index in [9.17, 15) is 4.79 Å². The molecule has 3 N–H and O–H groups in total. The minimum absolute atomic E-state index is 0.0258. The van der Waals surface area contributed by atoms with Gasteiger partial charge in [-0.25, -0.2) is 0 Å². The summed E-state index contributed by atoms with van der Waals surface area (Å²) in [6, 6.07) is 5.53. The Morgan fingerprint density at radius 1 is 1.26 bits per heavy atom. The average Bonchev–Trinajstić information content (AvgIpc) is 2.77. The number of fused-ring (bicyclic) bond motifs is 1. The zero-order valence-corrected chi connectivity index (χ0v) is 11.6. The van der Waals surface area contributed by atoms with Crippen molar-refractivity contribution in [3.05, 3.63) is 30.0 Å². The predicted molar refractivity (Wildman–Crippen MR) is 78.2 cm³/mol. The molecular weight excluding hydrogens is 240 g/mol. The zero-order valence-electron chi connectivity index (χ0n) is 11.6. The first-order valence-electron chi connectivity index (χ1n) is 6.26. The van der Waals surface area contributed by atoms with Crippen LogP contribution in [0.2, 0.25) is 0 Å². The minimum atomic E-state index is 0.0258. The van der Waals surface area contributed by atoms with Crippen LogP contribution in [0, 0.1) is 0 Å². The number of anilines is 1. The number of likely N-dealkylation sites (N-methyl/N-ethyl adjacent to an activating group) is 2. The van der Waals surface area contributed by atoms with Crippen molar-refractivity contribution in [1.29, 1.82) is 0 Å². The standard InChI is InChI=1S/C14H20N4O/c1-17(2)6-7-18(3)14(19)12-9-16-13-8-10(15)4-5-11(12)13/h4-5,8-9,16H,6-7,15H2,1-3H3. The lowest BCUT2D eigenvalue weighted by Crippen LogP contribution is -2.33. The number of nitrogens with one attached hydrogen (secondary N) is 1. The molecule has 2 aromatic rings. The number of hydrogen-bond donors (Lipinski definition) is 2. The zero-order chi connectivity index (χ0) is 14.0. The first-order chi connectivity index (χ1) is 8.99. The molecule has 1 heterocycles. The van der Waals surface area contributed by atoms with Crippen LogP contribution < -0.4 is 5.73 Å². The lowest BCUT2D eigenvalue weighted by atomic mass is 10.1. The maximum atomic E-state index is 12.4. The van der Waals surface area contributed by atoms with Gasteiger partial charge >= 0.3 is 0 Å². The first-order valence-corrected chi connectivity index (χ1v) is 6.26. The number of carbonyl (C=O) groups excluding carboxylic acids is 1. The topological polar surface area (TPSA) is 65.4 Å². The molecule has 0 saturated carbocycles. The molecule has 0 atom stereocenters. The fourth-order valence-electron chi connectivity index (χ4n) is 1.98. The van der Waals surface area contributed by atoms with Gasteiger partial charge in [0.15, 0.2) is 0 Å². The SMILES string of the molecule is CN(C)CCN(C)C(=O)c1c[nH]c2cc(N)ccc12. The summed E-state index contributed by atoms with van der Waals surface area (Å²) in [7, 11) is 5.81. The number of carbonyl (C=O) groups is 1. The van der Waals surface area contributed by atoms with Gasteiger partial charge in [0, 0.05) is 42.9 Å². The molecule has 0 aliphatic heterocycles. The lowest BCUT2D eigenvalue weighted by molar-refractivity contribution is 0.0788. The van der Waals surface area contributed by atoms with Crippen LogP contribution in [0.25, 0.3) is 10.9 Å². The number of benzene rings is 1. The smallest absolute Gasteiger partial charge is 0.255 e. The van der Waals surface area contributed by atoms with E-state index in [4.69, 9.17) is 5.73 Å². The van der Waals surface area contributed by atoms with Gasteiger partial charge in [-0.2, -0.15) is 0 Å². The molecule has 2 rings (SSSR count). The molecule has 0 saturated heterocycles. The van der Waals surface area contributed by atoms with Crippen molar-refractivity contribution in [1.82, 2.24) is 14.8 Å². The molecule has 0 spiro atoms. The molecule has 19 heavy (non-hydrogen) atoms. The van der Waals surface area contributed by atoms with Crippen molar-refractivity contribution in [2.75, 3.05) is 40.0 Å². The molecule has 0 aliphatic carbocycles. The van der Waals surface area contributed by atoms with Gasteiger partial charge in [0.2, 0.25) is 0 Å². The molecule has 0 unspecified atom stereocenters. The molecular formula is C14H20N4O. The number of amides is 1. The van der Waals surface area contributed by atoms with Crippen molar-refractivity contribution in [2.24, 2.45) is 0 Å². The Hall–Kier alpha value is -2.01. The molecule has 1 amide bonds. The largest absolute Gasteiger partial charge is 0.399 e. The maximum absolute atomic E-state index is 12.4. The molecule has 0 radical (unpaired) electrons. The second-order valence-electron chi connectivity index (χ2n) is 5.04. The number of aromatic amines is 1. The molecule has 102 valence electrons. The van der Waals surface area contributed by atoms with Gasteiger partial charge in [0.05, 0.1) is 5.56 Å². The van der Waals surface area contributed by atoms with E-state index in [0.717, 1.165) is 17.4 Å². The van der Waals surface area contributed by atoms with E-state index in [2.05, 4.69) is 9.88 Å². The summed E-state index contributed by atoms with van der Waals surface area (Å²) in [5.41, 5.74) is 8.00. The minimum Gasteiger partial charge on any atom is -0.399 e. The molecule has 0 aliphatic rings. The van der Waals surface area contributed by atoms with Crippen LogP contribution >= 0.6 is 0 Å². The van der Waals surface area contributed by atoms with E-state index in [-0.39, 0.29) is 5.91 Å². The van der Waals surface area contributed by atoms with E-state index < -0.39 is 0 Å². The van der Waals surface area contributed by atoms with Crippen LogP contribution in [0.5, 0.6) is 0 Å². The maximum Gasteiger partial charge on any atom is 0.255 e. The highest BCUT2D eigenvalue weighted by Crippen LogP contribution is 2.21. The average molecular weight is 260 g/mol. The fraction of sp³-hybridized carbons (Fsp3) is 0.357. The van der Waals surface area contributed by atoms with E-state index in [1.165, 1.54) is 0 Å². The van der Waals surface area contributed by atoms with Crippen LogP contribution in [0.3, 0.4) is 0 Å². The van der Waals surface area contributed by atoms with Gasteiger partial charge in [-0.3, -0.25) is 4.79 Å². The summed E-state index contributed by atoms with van der Waals surface area (Å²) in [5, 5.41) is 0.913. The second-order valence-corrected chi connectivity index (χ2v) is 5.04. The van der Waals surface area contributed by atoms with Crippen molar-refractivity contribution in [3.8, 4) is 0 Å². The molecule has 0 bridgehead atoms. The lowest BCUT2D eigenvalue weighted by Gasteiger charge is -2.19. The van der Waals surface area contributed by atoms with Crippen molar-refractivity contribution in [3.63, 3.8) is 0 Å². The number of nitrogens with two attached hydrogens (primary N) is 1. The summed E-state index contributed by atoms with van der Waals surface area (Å²) in [5.74, 6) is 0.0258. The summed E-state index contributed by atoms with van der Waals surface area (Å²) >= 11 is 0. The molecule has 0 fully saturated rings. The highest BCUT2D eigenvalue weighted by molar-refractivity contribution is 6.07. The summed E-state index contributed by atoms with van der Waals surface area (Å²) in [4.78, 5) is 19.3. The molecule has 5 heteroatoms. The van der Waals surface area contributed by atoms with E-state index in [0.29, 0.717) is 17.8 Å².